The number of nitrogens with two attached hydrogens (primary N) is 1. The molecule has 4 nitrogen and oxygen atoms in total. The first kappa shape index (κ1) is 14.9. The predicted octanol–water partition coefficient (Wildman–Crippen LogP) is 0.726. The summed E-state index contributed by atoms with van der Waals surface area (Å²) in [6.45, 7) is 5.68. The van der Waals surface area contributed by atoms with Gasteiger partial charge in [0.15, 0.2) is 0 Å². The summed E-state index contributed by atoms with van der Waals surface area (Å²) in [5, 5.41) is 0. The molecule has 1 aliphatic carbocycles. The number of nitrogens with zero attached hydrogens (tertiary/aromatic N) is 1. The van der Waals surface area contributed by atoms with Crippen molar-refractivity contribution in [2.45, 2.75) is 32.2 Å². The van der Waals surface area contributed by atoms with Crippen LogP contribution in [0.3, 0.4) is 0 Å². The van der Waals surface area contributed by atoms with Crippen molar-refractivity contribution in [2.75, 3.05) is 32.1 Å². The van der Waals surface area contributed by atoms with E-state index in [0.29, 0.717) is 19.0 Å². The molecule has 0 atom stereocenters. The van der Waals surface area contributed by atoms with E-state index in [4.69, 9.17) is 5.73 Å². The molecule has 0 bridgehead atoms. The summed E-state index contributed by atoms with van der Waals surface area (Å²) in [5.41, 5.74) is 5.92. The maximum absolute atomic E-state index is 11.2. The molecule has 1 aliphatic rings. The van der Waals surface area contributed by atoms with Crippen molar-refractivity contribution >= 4 is 9.84 Å². The smallest absolute Gasteiger partial charge is 0.148 e. The zero-order valence-corrected chi connectivity index (χ0v) is 12.3. The maximum Gasteiger partial charge on any atom is 0.148 e. The summed E-state index contributed by atoms with van der Waals surface area (Å²) >= 11 is 0. The van der Waals surface area contributed by atoms with Gasteiger partial charge in [0.25, 0.3) is 0 Å². The van der Waals surface area contributed by atoms with Crippen LogP contribution in [0.2, 0.25) is 0 Å². The first-order chi connectivity index (χ1) is 7.70. The van der Waals surface area contributed by atoms with Crippen LogP contribution in [0.25, 0.3) is 0 Å². The highest BCUT2D eigenvalue weighted by Gasteiger charge is 2.46. The Balaban J connectivity index is 2.52. The molecule has 1 saturated carbocycles. The third-order valence-corrected chi connectivity index (χ3v) is 5.14. The van der Waals surface area contributed by atoms with Gasteiger partial charge in [0.05, 0.1) is 5.75 Å². The van der Waals surface area contributed by atoms with Gasteiger partial charge in [-0.2, -0.15) is 0 Å². The highest BCUT2D eigenvalue weighted by molar-refractivity contribution is 7.90. The van der Waals surface area contributed by atoms with Crippen LogP contribution >= 0.6 is 0 Å². The zero-order chi connectivity index (χ0) is 13.3. The Kier molecular flexibility index (Phi) is 4.60. The molecule has 0 aliphatic heterocycles. The van der Waals surface area contributed by atoms with Gasteiger partial charge in [-0.1, -0.05) is 13.8 Å². The first-order valence-corrected chi connectivity index (χ1v) is 8.35. The van der Waals surface area contributed by atoms with Crippen molar-refractivity contribution in [2.24, 2.45) is 17.6 Å². The molecule has 0 unspecified atom stereocenters. The van der Waals surface area contributed by atoms with Crippen LogP contribution in [0, 0.1) is 11.8 Å². The van der Waals surface area contributed by atoms with Crippen LogP contribution in [0.5, 0.6) is 0 Å². The minimum Gasteiger partial charge on any atom is -0.329 e. The van der Waals surface area contributed by atoms with Crippen molar-refractivity contribution in [3.8, 4) is 0 Å². The summed E-state index contributed by atoms with van der Waals surface area (Å²) in [6, 6.07) is 0. The van der Waals surface area contributed by atoms with E-state index in [1.807, 2.05) is 7.05 Å². The van der Waals surface area contributed by atoms with Crippen LogP contribution in [0.15, 0.2) is 0 Å². The number of hydrogen-bond donors (Lipinski definition) is 1. The van der Waals surface area contributed by atoms with Crippen LogP contribution in [0.1, 0.15) is 26.7 Å². The Labute approximate surface area is 105 Å². The highest BCUT2D eigenvalue weighted by Crippen LogP contribution is 2.44. The second kappa shape index (κ2) is 5.24. The average Bonchev–Trinajstić information content (AvgIpc) is 2.12. The fraction of sp³-hybridized carbons (Fsp3) is 1.00. The van der Waals surface area contributed by atoms with Gasteiger partial charge in [-0.3, -0.25) is 4.90 Å². The van der Waals surface area contributed by atoms with Crippen LogP contribution < -0.4 is 5.73 Å². The summed E-state index contributed by atoms with van der Waals surface area (Å²) in [7, 11) is -0.890. The largest absolute Gasteiger partial charge is 0.329 e. The molecule has 0 saturated heterocycles. The number of hydrogen-bond acceptors (Lipinski definition) is 4. The molecule has 1 rings (SSSR count). The second-order valence-electron chi connectivity index (χ2n) is 5.89. The lowest BCUT2D eigenvalue weighted by Gasteiger charge is -2.54. The standard InChI is InChI=1S/C12H26N2O2S/c1-10(2)11-7-12(8-11,9-13)14(3)5-6-17(4,15)16/h10-11H,5-9,13H2,1-4H3. The molecular weight excluding hydrogens is 236 g/mol. The summed E-state index contributed by atoms with van der Waals surface area (Å²) < 4.78 is 22.3. The summed E-state index contributed by atoms with van der Waals surface area (Å²) in [6.07, 6.45) is 3.48. The van der Waals surface area contributed by atoms with Crippen LogP contribution in [-0.2, 0) is 9.84 Å². The van der Waals surface area contributed by atoms with Gasteiger partial charge >= 0.3 is 0 Å². The fourth-order valence-electron chi connectivity index (χ4n) is 2.56. The molecule has 102 valence electrons. The topological polar surface area (TPSA) is 63.4 Å². The number of sulfone groups is 1. The number of rotatable bonds is 6. The quantitative estimate of drug-likeness (QED) is 0.766. The second-order valence-corrected chi connectivity index (χ2v) is 8.15. The normalized spacial score (nSPS) is 29.7. The predicted molar refractivity (Wildman–Crippen MR) is 71.7 cm³/mol. The zero-order valence-electron chi connectivity index (χ0n) is 11.4. The lowest BCUT2D eigenvalue weighted by atomic mass is 9.63. The van der Waals surface area contributed by atoms with Gasteiger partial charge < -0.3 is 5.73 Å². The Morgan fingerprint density at radius 3 is 2.29 bits per heavy atom. The third-order valence-electron chi connectivity index (χ3n) is 4.21. The van der Waals surface area contributed by atoms with Crippen molar-refractivity contribution in [1.82, 2.24) is 4.90 Å². The van der Waals surface area contributed by atoms with E-state index in [1.54, 1.807) is 0 Å². The fourth-order valence-corrected chi connectivity index (χ4v) is 3.17. The van der Waals surface area contributed by atoms with E-state index < -0.39 is 9.84 Å². The van der Waals surface area contributed by atoms with Gasteiger partial charge in [-0.05, 0) is 31.7 Å². The molecule has 0 aromatic carbocycles. The lowest BCUT2D eigenvalue weighted by Crippen LogP contribution is -2.61. The Hall–Kier alpha value is -0.130. The van der Waals surface area contributed by atoms with Gasteiger partial charge in [0.2, 0.25) is 0 Å². The van der Waals surface area contributed by atoms with Gasteiger partial charge in [0, 0.05) is 24.9 Å². The van der Waals surface area contributed by atoms with Crippen molar-refractivity contribution in [3.63, 3.8) is 0 Å². The Bertz CT molecular complexity index is 346. The van der Waals surface area contributed by atoms with Crippen molar-refractivity contribution in [3.05, 3.63) is 0 Å². The van der Waals surface area contributed by atoms with Crippen molar-refractivity contribution < 1.29 is 8.42 Å². The molecule has 0 radical (unpaired) electrons. The van der Waals surface area contributed by atoms with E-state index in [-0.39, 0.29) is 11.3 Å². The van der Waals surface area contributed by atoms with Gasteiger partial charge in [-0.25, -0.2) is 8.42 Å². The molecule has 0 amide bonds. The van der Waals surface area contributed by atoms with Crippen LogP contribution in [0.4, 0.5) is 0 Å². The Morgan fingerprint density at radius 2 is 1.94 bits per heavy atom. The van der Waals surface area contributed by atoms with E-state index >= 15 is 0 Å². The molecule has 2 N–H and O–H groups in total. The first-order valence-electron chi connectivity index (χ1n) is 6.29. The monoisotopic (exact) mass is 262 g/mol. The molecule has 0 spiro atoms. The summed E-state index contributed by atoms with van der Waals surface area (Å²) in [5.74, 6) is 1.65. The van der Waals surface area contributed by atoms with E-state index in [1.165, 1.54) is 6.26 Å². The molecule has 5 heteroatoms. The van der Waals surface area contributed by atoms with Gasteiger partial charge in [0.1, 0.15) is 9.84 Å². The molecule has 0 aromatic heterocycles. The lowest BCUT2D eigenvalue weighted by molar-refractivity contribution is -0.0162. The minimum absolute atomic E-state index is 0.0413. The SMILES string of the molecule is CC(C)C1CC(CN)(N(C)CCS(C)(=O)=O)C1. The molecule has 0 heterocycles. The van der Waals surface area contributed by atoms with Gasteiger partial charge in [-0.15, -0.1) is 0 Å². The molecule has 1 fully saturated rings. The van der Waals surface area contributed by atoms with E-state index in [2.05, 4.69) is 18.7 Å². The highest BCUT2D eigenvalue weighted by atomic mass is 32.2. The van der Waals surface area contributed by atoms with E-state index in [0.717, 1.165) is 18.8 Å². The number of likely N-dealkylation sites (N-methyl/N-ethyl adjacent to an activating group) is 1. The molecular formula is C12H26N2O2S. The molecule has 17 heavy (non-hydrogen) atoms. The summed E-state index contributed by atoms with van der Waals surface area (Å²) in [4.78, 5) is 2.15. The maximum atomic E-state index is 11.2. The van der Waals surface area contributed by atoms with Crippen molar-refractivity contribution in [1.29, 1.82) is 0 Å². The van der Waals surface area contributed by atoms with Crippen LogP contribution in [-0.4, -0.2) is 51.0 Å². The third kappa shape index (κ3) is 3.66. The average molecular weight is 262 g/mol. The minimum atomic E-state index is -2.88. The molecule has 0 aromatic rings. The van der Waals surface area contributed by atoms with E-state index in [9.17, 15) is 8.42 Å². The Morgan fingerprint density at radius 1 is 1.41 bits per heavy atom.